The highest BCUT2D eigenvalue weighted by Gasteiger charge is 2.25. The van der Waals surface area contributed by atoms with Gasteiger partial charge in [-0.05, 0) is 43.4 Å². The summed E-state index contributed by atoms with van der Waals surface area (Å²) in [6.07, 6.45) is 5.20. The molecule has 8 nitrogen and oxygen atoms in total. The predicted molar refractivity (Wildman–Crippen MR) is 115 cm³/mol. The average Bonchev–Trinajstić information content (AvgIpc) is 3.23. The lowest BCUT2D eigenvalue weighted by molar-refractivity contribution is -0.126. The van der Waals surface area contributed by atoms with Crippen molar-refractivity contribution < 1.29 is 9.53 Å². The van der Waals surface area contributed by atoms with Crippen LogP contribution in [0.3, 0.4) is 0 Å². The van der Waals surface area contributed by atoms with Crippen LogP contribution in [-0.4, -0.2) is 39.5 Å². The van der Waals surface area contributed by atoms with Crippen molar-refractivity contribution in [3.05, 3.63) is 59.9 Å². The third kappa shape index (κ3) is 4.98. The van der Waals surface area contributed by atoms with Gasteiger partial charge >= 0.3 is 0 Å². The summed E-state index contributed by atoms with van der Waals surface area (Å²) in [5.74, 6) is 0.195. The Bertz CT molecular complexity index is 944. The molecule has 1 fully saturated rings. The molecular weight excluding hydrogens is 400 g/mol. The monoisotopic (exact) mass is 424 g/mol. The Morgan fingerprint density at radius 1 is 1.03 bits per heavy atom. The van der Waals surface area contributed by atoms with Crippen LogP contribution in [0.2, 0.25) is 0 Å². The minimum Gasteiger partial charge on any atom is -0.367 e. The molecule has 0 unspecified atom stereocenters. The zero-order chi connectivity index (χ0) is 20.8. The molecule has 2 N–H and O–H groups in total. The number of hydrogen-bond acceptors (Lipinski definition) is 8. The van der Waals surface area contributed by atoms with Crippen molar-refractivity contribution >= 4 is 27.5 Å². The predicted octanol–water partition coefficient (Wildman–Crippen LogP) is 3.79. The topological polar surface area (TPSA) is 102 Å². The fourth-order valence-electron chi connectivity index (χ4n) is 3.76. The number of carbonyl (C=O) groups is 1. The summed E-state index contributed by atoms with van der Waals surface area (Å²) in [7, 11) is 1.52. The van der Waals surface area contributed by atoms with Crippen molar-refractivity contribution in [2.75, 3.05) is 17.7 Å². The molecule has 1 aliphatic carbocycles. The second-order valence-corrected chi connectivity index (χ2v) is 8.25. The lowest BCUT2D eigenvalue weighted by atomic mass is 9.84. The number of ether oxygens (including phenoxy) is 1. The number of hydrogen-bond donors (Lipinski definition) is 2. The van der Waals surface area contributed by atoms with Crippen LogP contribution in [-0.2, 0) is 9.53 Å². The van der Waals surface area contributed by atoms with Gasteiger partial charge in [-0.2, -0.15) is 10.2 Å². The second-order valence-electron chi connectivity index (χ2n) is 7.27. The summed E-state index contributed by atoms with van der Waals surface area (Å²) in [6.45, 7) is 0. The van der Waals surface area contributed by atoms with Gasteiger partial charge in [-0.15, -0.1) is 10.2 Å². The zero-order valence-electron chi connectivity index (χ0n) is 16.7. The first-order chi connectivity index (χ1) is 14.7. The van der Waals surface area contributed by atoms with Crippen molar-refractivity contribution in [3.63, 3.8) is 0 Å². The molecule has 0 bridgehead atoms. The Balaban J connectivity index is 1.30. The van der Waals surface area contributed by atoms with Gasteiger partial charge in [-0.1, -0.05) is 41.7 Å². The molecule has 1 aromatic carbocycles. The van der Waals surface area contributed by atoms with Gasteiger partial charge in [-0.25, -0.2) is 0 Å². The van der Waals surface area contributed by atoms with Gasteiger partial charge < -0.3 is 10.1 Å². The van der Waals surface area contributed by atoms with E-state index in [1.165, 1.54) is 18.4 Å². The van der Waals surface area contributed by atoms with E-state index in [0.717, 1.165) is 36.9 Å². The molecule has 3 aromatic rings. The molecule has 2 aromatic heterocycles. The molecule has 1 amide bonds. The fourth-order valence-corrected chi connectivity index (χ4v) is 4.49. The molecular formula is C21H24N6O2S. The third-order valence-electron chi connectivity index (χ3n) is 5.30. The summed E-state index contributed by atoms with van der Waals surface area (Å²) in [5.41, 5.74) is 1.86. The van der Waals surface area contributed by atoms with E-state index in [9.17, 15) is 4.79 Å². The van der Waals surface area contributed by atoms with Gasteiger partial charge in [0.1, 0.15) is 0 Å². The summed E-state index contributed by atoms with van der Waals surface area (Å²) in [6, 6.07) is 13.7. The SMILES string of the molecule is CO[C@@H](C(=O)Nc1nnc(NC2CCC(c3cccnn3)CC2)s1)c1ccccc1. The maximum atomic E-state index is 12.6. The summed E-state index contributed by atoms with van der Waals surface area (Å²) in [4.78, 5) is 12.6. The quantitative estimate of drug-likeness (QED) is 0.595. The Morgan fingerprint density at radius 3 is 2.50 bits per heavy atom. The van der Waals surface area contributed by atoms with Crippen LogP contribution in [0.15, 0.2) is 48.7 Å². The maximum absolute atomic E-state index is 12.6. The van der Waals surface area contributed by atoms with Crippen molar-refractivity contribution in [1.29, 1.82) is 0 Å². The molecule has 30 heavy (non-hydrogen) atoms. The molecule has 1 aliphatic rings. The first-order valence-electron chi connectivity index (χ1n) is 9.99. The molecule has 9 heteroatoms. The second kappa shape index (κ2) is 9.73. The van der Waals surface area contributed by atoms with Gasteiger partial charge in [0.05, 0.1) is 5.69 Å². The molecule has 0 saturated heterocycles. The Hall–Kier alpha value is -2.91. The number of amides is 1. The molecule has 0 radical (unpaired) electrons. The number of methoxy groups -OCH3 is 1. The van der Waals surface area contributed by atoms with E-state index >= 15 is 0 Å². The van der Waals surface area contributed by atoms with E-state index in [-0.39, 0.29) is 5.91 Å². The molecule has 1 saturated carbocycles. The van der Waals surface area contributed by atoms with E-state index in [1.54, 1.807) is 6.20 Å². The lowest BCUT2D eigenvalue weighted by Crippen LogP contribution is -2.25. The van der Waals surface area contributed by atoms with Crippen molar-refractivity contribution in [1.82, 2.24) is 20.4 Å². The summed E-state index contributed by atoms with van der Waals surface area (Å²) >= 11 is 1.33. The molecule has 1 atom stereocenters. The van der Waals surface area contributed by atoms with Gasteiger partial charge in [0.25, 0.3) is 5.91 Å². The summed E-state index contributed by atoms with van der Waals surface area (Å²) in [5, 5.41) is 23.9. The number of carbonyl (C=O) groups excluding carboxylic acids is 1. The molecule has 4 rings (SSSR count). The zero-order valence-corrected chi connectivity index (χ0v) is 17.5. The highest BCUT2D eigenvalue weighted by atomic mass is 32.1. The Labute approximate surface area is 179 Å². The number of anilines is 2. The van der Waals surface area contributed by atoms with Crippen LogP contribution < -0.4 is 10.6 Å². The molecule has 2 heterocycles. The fraction of sp³-hybridized carbons (Fsp3) is 0.381. The lowest BCUT2D eigenvalue weighted by Gasteiger charge is -2.28. The van der Waals surface area contributed by atoms with Crippen LogP contribution >= 0.6 is 11.3 Å². The molecule has 0 spiro atoms. The van der Waals surface area contributed by atoms with Crippen LogP contribution in [0.4, 0.5) is 10.3 Å². The van der Waals surface area contributed by atoms with Gasteiger partial charge in [0, 0.05) is 25.3 Å². The number of nitrogens with one attached hydrogen (secondary N) is 2. The van der Waals surface area contributed by atoms with Crippen LogP contribution in [0.25, 0.3) is 0 Å². The van der Waals surface area contributed by atoms with E-state index in [1.807, 2.05) is 42.5 Å². The Morgan fingerprint density at radius 2 is 1.80 bits per heavy atom. The highest BCUT2D eigenvalue weighted by molar-refractivity contribution is 7.19. The van der Waals surface area contributed by atoms with Gasteiger partial charge in [-0.3, -0.25) is 10.1 Å². The summed E-state index contributed by atoms with van der Waals surface area (Å²) < 4.78 is 5.36. The minimum atomic E-state index is -0.692. The number of benzene rings is 1. The highest BCUT2D eigenvalue weighted by Crippen LogP contribution is 2.33. The third-order valence-corrected chi connectivity index (χ3v) is 6.07. The Kier molecular flexibility index (Phi) is 6.60. The van der Waals surface area contributed by atoms with E-state index < -0.39 is 6.10 Å². The van der Waals surface area contributed by atoms with Crippen molar-refractivity contribution in [2.24, 2.45) is 0 Å². The number of rotatable bonds is 7. The molecule has 156 valence electrons. The van der Waals surface area contributed by atoms with Crippen molar-refractivity contribution in [2.45, 2.75) is 43.7 Å². The number of nitrogens with zero attached hydrogens (tertiary/aromatic N) is 4. The number of aromatic nitrogens is 4. The van der Waals surface area contributed by atoms with Crippen LogP contribution in [0.1, 0.15) is 49.0 Å². The average molecular weight is 425 g/mol. The minimum absolute atomic E-state index is 0.268. The van der Waals surface area contributed by atoms with Gasteiger partial charge in [0.2, 0.25) is 10.3 Å². The maximum Gasteiger partial charge on any atom is 0.259 e. The van der Waals surface area contributed by atoms with Crippen LogP contribution in [0, 0.1) is 0 Å². The van der Waals surface area contributed by atoms with E-state index in [0.29, 0.717) is 22.2 Å². The largest absolute Gasteiger partial charge is 0.367 e. The van der Waals surface area contributed by atoms with Crippen LogP contribution in [0.5, 0.6) is 0 Å². The van der Waals surface area contributed by atoms with Gasteiger partial charge in [0.15, 0.2) is 6.10 Å². The molecule has 0 aliphatic heterocycles. The standard InChI is InChI=1S/C21H24N6O2S/c1-29-18(15-6-3-2-4-7-15)19(28)24-21-27-26-20(30-21)23-16-11-9-14(10-12-16)17-8-5-13-22-25-17/h2-8,13-14,16,18H,9-12H2,1H3,(H,23,26)(H,24,27,28)/t14?,16?,18-/m1/s1. The first-order valence-corrected chi connectivity index (χ1v) is 10.8. The van der Waals surface area contributed by atoms with E-state index in [2.05, 4.69) is 31.0 Å². The first kappa shape index (κ1) is 20.4. The smallest absolute Gasteiger partial charge is 0.259 e. The van der Waals surface area contributed by atoms with E-state index in [4.69, 9.17) is 4.74 Å². The van der Waals surface area contributed by atoms with Crippen molar-refractivity contribution in [3.8, 4) is 0 Å². The normalized spacial score (nSPS) is 19.8.